The van der Waals surface area contributed by atoms with Crippen LogP contribution in [0.3, 0.4) is 0 Å². The smallest absolute Gasteiger partial charge is 0.100 e. The maximum Gasteiger partial charge on any atom is 0.100 e. The molecule has 0 bridgehead atoms. The Kier molecular flexibility index (Phi) is 3.47. The van der Waals surface area contributed by atoms with E-state index in [2.05, 4.69) is 5.32 Å². The number of aliphatic hydroxyl groups is 1. The first-order valence-corrected chi connectivity index (χ1v) is 5.43. The van der Waals surface area contributed by atoms with E-state index in [0.717, 1.165) is 12.1 Å². The van der Waals surface area contributed by atoms with Crippen LogP contribution in [0, 0.1) is 6.92 Å². The molecule has 0 amide bonds. The number of aryl methyl sites for hydroxylation is 1. The van der Waals surface area contributed by atoms with Crippen molar-refractivity contribution in [3.8, 4) is 0 Å². The van der Waals surface area contributed by atoms with Gasteiger partial charge in [-0.1, -0.05) is 6.92 Å². The number of rotatable bonds is 4. The molecular weight excluding hydrogens is 182 g/mol. The zero-order valence-corrected chi connectivity index (χ0v) is 9.24. The molecule has 0 aliphatic rings. The summed E-state index contributed by atoms with van der Waals surface area (Å²) >= 11 is 1.68. The van der Waals surface area contributed by atoms with Crippen molar-refractivity contribution < 1.29 is 5.11 Å². The molecule has 0 fully saturated rings. The van der Waals surface area contributed by atoms with Crippen molar-refractivity contribution >= 4 is 11.3 Å². The van der Waals surface area contributed by atoms with Crippen LogP contribution in [-0.2, 0) is 5.60 Å². The second-order valence-corrected chi connectivity index (χ2v) is 4.56. The highest BCUT2D eigenvalue weighted by Crippen LogP contribution is 2.26. The lowest BCUT2D eigenvalue weighted by Crippen LogP contribution is -2.35. The molecule has 1 aromatic heterocycles. The van der Waals surface area contributed by atoms with Crippen LogP contribution in [0.25, 0.3) is 0 Å². The molecule has 74 valence electrons. The summed E-state index contributed by atoms with van der Waals surface area (Å²) in [6, 6.07) is 2.00. The van der Waals surface area contributed by atoms with Crippen molar-refractivity contribution in [2.24, 2.45) is 0 Å². The minimum Gasteiger partial charge on any atom is -0.384 e. The molecule has 0 spiro atoms. The third-order valence-electron chi connectivity index (χ3n) is 2.16. The van der Waals surface area contributed by atoms with E-state index in [0.29, 0.717) is 6.54 Å². The minimum absolute atomic E-state index is 0.612. The Bertz CT molecular complexity index is 268. The second-order valence-electron chi connectivity index (χ2n) is 3.44. The molecule has 0 radical (unpaired) electrons. The quantitative estimate of drug-likeness (QED) is 0.776. The molecule has 0 aliphatic heterocycles. The Morgan fingerprint density at radius 3 is 2.77 bits per heavy atom. The van der Waals surface area contributed by atoms with Crippen molar-refractivity contribution in [1.82, 2.24) is 5.32 Å². The van der Waals surface area contributed by atoms with Gasteiger partial charge in [-0.05, 0) is 37.4 Å². The number of thiophene rings is 1. The Morgan fingerprint density at radius 2 is 2.31 bits per heavy atom. The van der Waals surface area contributed by atoms with Crippen LogP contribution in [0.4, 0.5) is 0 Å². The van der Waals surface area contributed by atoms with Crippen LogP contribution >= 0.6 is 11.3 Å². The van der Waals surface area contributed by atoms with Crippen molar-refractivity contribution in [3.63, 3.8) is 0 Å². The van der Waals surface area contributed by atoms with Gasteiger partial charge in [-0.25, -0.2) is 0 Å². The first kappa shape index (κ1) is 10.7. The topological polar surface area (TPSA) is 32.3 Å². The van der Waals surface area contributed by atoms with E-state index in [-0.39, 0.29) is 0 Å². The average molecular weight is 199 g/mol. The summed E-state index contributed by atoms with van der Waals surface area (Å²) in [6.07, 6.45) is 0. The molecule has 2 N–H and O–H groups in total. The van der Waals surface area contributed by atoms with E-state index in [4.69, 9.17) is 0 Å². The first-order chi connectivity index (χ1) is 6.08. The Labute approximate surface area is 83.6 Å². The molecule has 0 saturated heterocycles. The molecule has 1 heterocycles. The average Bonchev–Trinajstić information content (AvgIpc) is 2.48. The van der Waals surface area contributed by atoms with Gasteiger partial charge in [0.05, 0.1) is 0 Å². The Hall–Kier alpha value is -0.380. The summed E-state index contributed by atoms with van der Waals surface area (Å²) in [6.45, 7) is 7.43. The van der Waals surface area contributed by atoms with Crippen LogP contribution in [0.5, 0.6) is 0 Å². The summed E-state index contributed by atoms with van der Waals surface area (Å²) < 4.78 is 0. The predicted molar refractivity (Wildman–Crippen MR) is 57.2 cm³/mol. The summed E-state index contributed by atoms with van der Waals surface area (Å²) in [4.78, 5) is 1.20. The predicted octanol–water partition coefficient (Wildman–Crippen LogP) is 1.87. The van der Waals surface area contributed by atoms with E-state index < -0.39 is 5.60 Å². The SMILES string of the molecule is CCNCC(C)(O)c1ccsc1C. The number of hydrogen-bond acceptors (Lipinski definition) is 3. The van der Waals surface area contributed by atoms with Gasteiger partial charge in [0.2, 0.25) is 0 Å². The molecule has 0 aromatic carbocycles. The van der Waals surface area contributed by atoms with Gasteiger partial charge in [-0.3, -0.25) is 0 Å². The molecule has 1 unspecified atom stereocenters. The molecular formula is C10H17NOS. The van der Waals surface area contributed by atoms with Crippen LogP contribution in [0.1, 0.15) is 24.3 Å². The van der Waals surface area contributed by atoms with Gasteiger partial charge < -0.3 is 10.4 Å². The normalized spacial score (nSPS) is 15.7. The van der Waals surface area contributed by atoms with E-state index in [1.54, 1.807) is 11.3 Å². The van der Waals surface area contributed by atoms with E-state index in [1.165, 1.54) is 4.88 Å². The molecule has 2 nitrogen and oxygen atoms in total. The lowest BCUT2D eigenvalue weighted by molar-refractivity contribution is 0.0575. The molecule has 0 saturated carbocycles. The minimum atomic E-state index is -0.736. The van der Waals surface area contributed by atoms with Gasteiger partial charge in [0, 0.05) is 11.4 Å². The largest absolute Gasteiger partial charge is 0.384 e. The van der Waals surface area contributed by atoms with Crippen LogP contribution in [0.15, 0.2) is 11.4 Å². The van der Waals surface area contributed by atoms with E-state index >= 15 is 0 Å². The lowest BCUT2D eigenvalue weighted by Gasteiger charge is -2.23. The Morgan fingerprint density at radius 1 is 1.62 bits per heavy atom. The lowest BCUT2D eigenvalue weighted by atomic mass is 9.97. The molecule has 1 atom stereocenters. The maximum atomic E-state index is 10.1. The number of nitrogens with one attached hydrogen (secondary N) is 1. The molecule has 3 heteroatoms. The van der Waals surface area contributed by atoms with Crippen molar-refractivity contribution in [2.75, 3.05) is 13.1 Å². The zero-order chi connectivity index (χ0) is 9.90. The first-order valence-electron chi connectivity index (χ1n) is 4.55. The van der Waals surface area contributed by atoms with Crippen LogP contribution < -0.4 is 5.32 Å². The third kappa shape index (κ3) is 2.53. The summed E-state index contributed by atoms with van der Waals surface area (Å²) in [5, 5.41) is 15.3. The van der Waals surface area contributed by atoms with Gasteiger partial charge in [0.15, 0.2) is 0 Å². The molecule has 1 aromatic rings. The van der Waals surface area contributed by atoms with Gasteiger partial charge in [0.1, 0.15) is 5.60 Å². The summed E-state index contributed by atoms with van der Waals surface area (Å²) in [7, 11) is 0. The van der Waals surface area contributed by atoms with Crippen LogP contribution in [-0.4, -0.2) is 18.2 Å². The summed E-state index contributed by atoms with van der Waals surface area (Å²) in [5.41, 5.74) is 0.304. The van der Waals surface area contributed by atoms with Crippen molar-refractivity contribution in [3.05, 3.63) is 21.9 Å². The molecule has 13 heavy (non-hydrogen) atoms. The standard InChI is InChI=1S/C10H17NOS/c1-4-11-7-10(3,12)9-5-6-13-8(9)2/h5-6,11-12H,4,7H2,1-3H3. The van der Waals surface area contributed by atoms with E-state index in [1.807, 2.05) is 32.2 Å². The van der Waals surface area contributed by atoms with Gasteiger partial charge in [0.25, 0.3) is 0 Å². The maximum absolute atomic E-state index is 10.1. The fraction of sp³-hybridized carbons (Fsp3) is 0.600. The van der Waals surface area contributed by atoms with Crippen LogP contribution in [0.2, 0.25) is 0 Å². The fourth-order valence-electron chi connectivity index (χ4n) is 1.41. The fourth-order valence-corrected chi connectivity index (χ4v) is 2.23. The highest BCUT2D eigenvalue weighted by Gasteiger charge is 2.24. The second kappa shape index (κ2) is 4.22. The monoisotopic (exact) mass is 199 g/mol. The van der Waals surface area contributed by atoms with Gasteiger partial charge in [-0.2, -0.15) is 0 Å². The number of likely N-dealkylation sites (N-methyl/N-ethyl adjacent to an activating group) is 1. The van der Waals surface area contributed by atoms with E-state index in [9.17, 15) is 5.11 Å². The van der Waals surface area contributed by atoms with Crippen molar-refractivity contribution in [2.45, 2.75) is 26.4 Å². The van der Waals surface area contributed by atoms with Crippen molar-refractivity contribution in [1.29, 1.82) is 0 Å². The number of hydrogen-bond donors (Lipinski definition) is 2. The zero-order valence-electron chi connectivity index (χ0n) is 8.42. The molecule has 1 rings (SSSR count). The van der Waals surface area contributed by atoms with Gasteiger partial charge in [-0.15, -0.1) is 11.3 Å². The summed E-state index contributed by atoms with van der Waals surface area (Å²) in [5.74, 6) is 0. The molecule has 0 aliphatic carbocycles. The highest BCUT2D eigenvalue weighted by molar-refractivity contribution is 7.10. The van der Waals surface area contributed by atoms with Gasteiger partial charge >= 0.3 is 0 Å². The third-order valence-corrected chi connectivity index (χ3v) is 3.00. The Balaban J connectivity index is 2.74. The highest BCUT2D eigenvalue weighted by atomic mass is 32.1.